The lowest BCUT2D eigenvalue weighted by molar-refractivity contribution is 0.591. The quantitative estimate of drug-likeness (QED) is 0.179. The molecule has 3 nitrogen and oxygen atoms in total. The molecule has 3 heteroatoms. The van der Waals surface area contributed by atoms with Gasteiger partial charge in [0.2, 0.25) is 0 Å². The van der Waals surface area contributed by atoms with Gasteiger partial charge in [-0.3, -0.25) is 0 Å². The number of rotatable bonds is 4. The summed E-state index contributed by atoms with van der Waals surface area (Å²) < 4.78 is 11.1. The van der Waals surface area contributed by atoms with E-state index in [1.807, 2.05) is 6.07 Å². The van der Waals surface area contributed by atoms with Crippen molar-refractivity contribution in [3.05, 3.63) is 181 Å². The van der Waals surface area contributed by atoms with E-state index in [-0.39, 0.29) is 5.41 Å². The lowest BCUT2D eigenvalue weighted by atomic mass is 9.86. The smallest absolute Gasteiger partial charge is 0.137 e. The molecular formula is C52H38N2O. The van der Waals surface area contributed by atoms with Crippen LogP contribution in [0.3, 0.4) is 0 Å². The lowest BCUT2D eigenvalue weighted by Crippen LogP contribution is -2.10. The number of hydrogen-bond acceptors (Lipinski definition) is 1. The average Bonchev–Trinajstić information content (AvgIpc) is 3.88. The molecule has 8 aromatic carbocycles. The third-order valence-electron chi connectivity index (χ3n) is 11.5. The fraction of sp³-hybridized carbons (Fsp3) is 0.0769. The average molecular weight is 707 g/mol. The second-order valence-corrected chi connectivity index (χ2v) is 15.8. The van der Waals surface area contributed by atoms with Crippen LogP contribution in [0.5, 0.6) is 0 Å². The molecule has 11 rings (SSSR count). The summed E-state index contributed by atoms with van der Waals surface area (Å²) in [5.41, 5.74) is 15.2. The second kappa shape index (κ2) is 11.8. The Morgan fingerprint density at radius 3 is 1.49 bits per heavy atom. The minimum absolute atomic E-state index is 0.0930. The molecule has 0 amide bonds. The summed E-state index contributed by atoms with van der Waals surface area (Å²) in [7, 11) is 0. The lowest BCUT2D eigenvalue weighted by Gasteiger charge is -2.19. The Balaban J connectivity index is 0.927. The van der Waals surface area contributed by atoms with Gasteiger partial charge in [0.25, 0.3) is 0 Å². The first kappa shape index (κ1) is 31.7. The number of aromatic nitrogens is 2. The van der Waals surface area contributed by atoms with Crippen molar-refractivity contribution in [1.82, 2.24) is 9.13 Å². The highest BCUT2D eigenvalue weighted by Crippen LogP contribution is 2.41. The minimum atomic E-state index is 0.0930. The van der Waals surface area contributed by atoms with Crippen LogP contribution in [0.4, 0.5) is 0 Å². The number of benzene rings is 8. The van der Waals surface area contributed by atoms with Gasteiger partial charge in [-0.05, 0) is 100.0 Å². The summed E-state index contributed by atoms with van der Waals surface area (Å²) in [5.74, 6) is 0. The second-order valence-electron chi connectivity index (χ2n) is 15.8. The molecular weight excluding hydrogens is 669 g/mol. The van der Waals surface area contributed by atoms with Gasteiger partial charge in [-0.1, -0.05) is 130 Å². The van der Waals surface area contributed by atoms with Crippen LogP contribution in [-0.4, -0.2) is 9.13 Å². The zero-order valence-corrected chi connectivity index (χ0v) is 31.0. The number of furan rings is 1. The molecule has 0 atom stereocenters. The highest BCUT2D eigenvalue weighted by molar-refractivity contribution is 6.24. The van der Waals surface area contributed by atoms with Gasteiger partial charge >= 0.3 is 0 Å². The van der Waals surface area contributed by atoms with E-state index in [1.165, 1.54) is 77.1 Å². The van der Waals surface area contributed by atoms with E-state index < -0.39 is 0 Å². The maximum Gasteiger partial charge on any atom is 0.137 e. The summed E-state index contributed by atoms with van der Waals surface area (Å²) in [4.78, 5) is 0. The molecule has 0 aliphatic heterocycles. The molecule has 3 heterocycles. The molecule has 0 radical (unpaired) electrons. The van der Waals surface area contributed by atoms with Crippen molar-refractivity contribution in [1.29, 1.82) is 0 Å². The van der Waals surface area contributed by atoms with E-state index in [0.29, 0.717) is 0 Å². The van der Waals surface area contributed by atoms with Crippen LogP contribution in [0.2, 0.25) is 0 Å². The Hall–Kier alpha value is -6.84. The summed E-state index contributed by atoms with van der Waals surface area (Å²) >= 11 is 0. The van der Waals surface area contributed by atoms with Crippen molar-refractivity contribution in [2.75, 3.05) is 0 Å². The Morgan fingerprint density at radius 2 is 0.873 bits per heavy atom. The largest absolute Gasteiger partial charge is 0.456 e. The van der Waals surface area contributed by atoms with Gasteiger partial charge in [-0.15, -0.1) is 0 Å². The van der Waals surface area contributed by atoms with Crippen LogP contribution in [0.1, 0.15) is 26.3 Å². The zero-order chi connectivity index (χ0) is 36.8. The first-order valence-electron chi connectivity index (χ1n) is 19.1. The van der Waals surface area contributed by atoms with E-state index in [9.17, 15) is 0 Å². The monoisotopic (exact) mass is 706 g/mol. The summed E-state index contributed by atoms with van der Waals surface area (Å²) in [6.07, 6.45) is 0. The first-order chi connectivity index (χ1) is 26.9. The van der Waals surface area contributed by atoms with Crippen molar-refractivity contribution in [2.45, 2.75) is 26.2 Å². The van der Waals surface area contributed by atoms with Gasteiger partial charge in [0.05, 0.1) is 27.5 Å². The molecule has 0 N–H and O–H groups in total. The zero-order valence-electron chi connectivity index (χ0n) is 31.0. The molecule has 0 saturated carbocycles. The predicted molar refractivity (Wildman–Crippen MR) is 232 cm³/mol. The molecule has 262 valence electrons. The summed E-state index contributed by atoms with van der Waals surface area (Å²) in [5, 5.41) is 7.35. The highest BCUT2D eigenvalue weighted by atomic mass is 16.3. The topological polar surface area (TPSA) is 23.0 Å². The maximum absolute atomic E-state index is 6.32. The summed E-state index contributed by atoms with van der Waals surface area (Å²) in [6, 6.07) is 64.0. The van der Waals surface area contributed by atoms with Crippen molar-refractivity contribution in [2.24, 2.45) is 0 Å². The first-order valence-corrected chi connectivity index (χ1v) is 19.1. The number of hydrogen-bond donors (Lipinski definition) is 0. The number of nitrogens with zero attached hydrogens (tertiary/aromatic N) is 2. The third-order valence-corrected chi connectivity index (χ3v) is 11.5. The van der Waals surface area contributed by atoms with Crippen LogP contribution in [0.25, 0.3) is 99.2 Å². The van der Waals surface area contributed by atoms with Crippen molar-refractivity contribution < 1.29 is 4.42 Å². The van der Waals surface area contributed by atoms with Crippen molar-refractivity contribution in [3.63, 3.8) is 0 Å². The number of fused-ring (bicyclic) bond motifs is 10. The van der Waals surface area contributed by atoms with Crippen LogP contribution in [0.15, 0.2) is 180 Å². The maximum atomic E-state index is 6.32. The van der Waals surface area contributed by atoms with Crippen molar-refractivity contribution >= 4 is 65.6 Å². The van der Waals surface area contributed by atoms with Crippen LogP contribution in [0, 0.1) is 0 Å². The molecule has 0 unspecified atom stereocenters. The fourth-order valence-corrected chi connectivity index (χ4v) is 8.71. The van der Waals surface area contributed by atoms with Gasteiger partial charge in [0.15, 0.2) is 0 Å². The third kappa shape index (κ3) is 4.90. The Bertz CT molecular complexity index is 3260. The molecule has 0 fully saturated rings. The van der Waals surface area contributed by atoms with E-state index in [1.54, 1.807) is 0 Å². The van der Waals surface area contributed by atoms with Crippen LogP contribution < -0.4 is 0 Å². The normalized spacial score (nSPS) is 12.3. The Morgan fingerprint density at radius 1 is 0.382 bits per heavy atom. The molecule has 0 bridgehead atoms. The van der Waals surface area contributed by atoms with Crippen molar-refractivity contribution in [3.8, 4) is 33.6 Å². The van der Waals surface area contributed by atoms with Gasteiger partial charge in [-0.2, -0.15) is 0 Å². The van der Waals surface area contributed by atoms with E-state index in [4.69, 9.17) is 4.42 Å². The fourth-order valence-electron chi connectivity index (χ4n) is 8.71. The van der Waals surface area contributed by atoms with Crippen LogP contribution in [-0.2, 0) is 5.41 Å². The minimum Gasteiger partial charge on any atom is -0.456 e. The van der Waals surface area contributed by atoms with Crippen LogP contribution >= 0.6 is 0 Å². The highest BCUT2D eigenvalue weighted by Gasteiger charge is 2.20. The Labute approximate surface area is 319 Å². The summed E-state index contributed by atoms with van der Waals surface area (Å²) in [6.45, 7) is 6.84. The molecule has 3 aromatic heterocycles. The van der Waals surface area contributed by atoms with Gasteiger partial charge in [0, 0.05) is 38.3 Å². The SMILES string of the molecule is CC(C)(C)c1ccc2c(c1)c1ccccc1n2-c1ccc(-c2ccc(-c3ccc(-n4c5ccccc5c5ccc6oc7ccccc7c6c54)cc3)cc2)cc1. The molecule has 55 heavy (non-hydrogen) atoms. The predicted octanol–water partition coefficient (Wildman–Crippen LogP) is 14.4. The molecule has 0 aliphatic carbocycles. The van der Waals surface area contributed by atoms with Gasteiger partial charge in [-0.25, -0.2) is 0 Å². The van der Waals surface area contributed by atoms with E-state index >= 15 is 0 Å². The standard InChI is InChI=1S/C52H38N2O/c1-52(2,3)37-24-30-47-44(32-37)41-11-5-7-13-45(41)53(47)38-25-20-35(21-26-38)33-16-18-34(19-17-33)36-22-27-39(28-23-36)54-46-14-8-4-10-40(46)42-29-31-49-50(51(42)54)43-12-6-9-15-48(43)55-49/h4-32H,1-3H3. The Kier molecular flexibility index (Phi) is 6.81. The molecule has 0 spiro atoms. The van der Waals surface area contributed by atoms with Gasteiger partial charge in [0.1, 0.15) is 11.2 Å². The molecule has 0 saturated heterocycles. The molecule has 0 aliphatic rings. The van der Waals surface area contributed by atoms with E-state index in [0.717, 1.165) is 27.6 Å². The molecule has 11 aromatic rings. The van der Waals surface area contributed by atoms with Gasteiger partial charge < -0.3 is 13.6 Å². The number of para-hydroxylation sites is 3. The van der Waals surface area contributed by atoms with E-state index in [2.05, 4.69) is 200 Å².